The molecule has 158 valence electrons. The van der Waals surface area contributed by atoms with Crippen molar-refractivity contribution in [3.63, 3.8) is 0 Å². The summed E-state index contributed by atoms with van der Waals surface area (Å²) in [6, 6.07) is 15.4. The standard InChI is InChI=1S/C24H27ClN2O3/c25-20-6-3-4-18(14-20)16-26-23(28)9-8-17-10-12-27(13-11-17)24(29)22-15-19-5-1-2-7-21(19)30-22/h1-7,14,17,22H,8-13,15-16H2,(H,26,28)/t22-/m1/s1. The van der Waals surface area contributed by atoms with Crippen molar-refractivity contribution in [3.05, 3.63) is 64.7 Å². The zero-order valence-corrected chi connectivity index (χ0v) is 17.7. The number of piperidine rings is 1. The summed E-state index contributed by atoms with van der Waals surface area (Å²) < 4.78 is 5.85. The zero-order valence-electron chi connectivity index (χ0n) is 17.0. The Kier molecular flexibility index (Phi) is 6.58. The van der Waals surface area contributed by atoms with Gasteiger partial charge in [0.1, 0.15) is 5.75 Å². The summed E-state index contributed by atoms with van der Waals surface area (Å²) in [6.45, 7) is 1.98. The molecule has 2 aliphatic rings. The highest BCUT2D eigenvalue weighted by molar-refractivity contribution is 6.30. The van der Waals surface area contributed by atoms with Gasteiger partial charge in [0.25, 0.3) is 5.91 Å². The predicted molar refractivity (Wildman–Crippen MR) is 116 cm³/mol. The topological polar surface area (TPSA) is 58.6 Å². The molecule has 30 heavy (non-hydrogen) atoms. The predicted octanol–water partition coefficient (Wildman–Crippen LogP) is 3.98. The number of hydrogen-bond donors (Lipinski definition) is 1. The molecule has 0 aliphatic carbocycles. The quantitative estimate of drug-likeness (QED) is 0.760. The van der Waals surface area contributed by atoms with Gasteiger partial charge in [-0.05, 0) is 54.5 Å². The Hall–Kier alpha value is -2.53. The van der Waals surface area contributed by atoms with Gasteiger partial charge >= 0.3 is 0 Å². The summed E-state index contributed by atoms with van der Waals surface area (Å²) in [5, 5.41) is 3.64. The maximum Gasteiger partial charge on any atom is 0.263 e. The van der Waals surface area contributed by atoms with Crippen LogP contribution in [0.1, 0.15) is 36.8 Å². The maximum absolute atomic E-state index is 12.8. The third-order valence-corrected chi connectivity index (χ3v) is 6.24. The van der Waals surface area contributed by atoms with Gasteiger partial charge in [-0.2, -0.15) is 0 Å². The van der Waals surface area contributed by atoms with Gasteiger partial charge in [-0.3, -0.25) is 9.59 Å². The highest BCUT2D eigenvalue weighted by atomic mass is 35.5. The second kappa shape index (κ2) is 9.52. The van der Waals surface area contributed by atoms with E-state index in [-0.39, 0.29) is 11.8 Å². The van der Waals surface area contributed by atoms with Gasteiger partial charge in [0.15, 0.2) is 6.10 Å². The molecule has 0 radical (unpaired) electrons. The van der Waals surface area contributed by atoms with Gasteiger partial charge in [-0.25, -0.2) is 0 Å². The normalized spacial score (nSPS) is 18.6. The number of para-hydroxylation sites is 1. The van der Waals surface area contributed by atoms with Crippen LogP contribution >= 0.6 is 11.6 Å². The first-order chi connectivity index (χ1) is 14.6. The Bertz CT molecular complexity index is 884. The first-order valence-corrected chi connectivity index (χ1v) is 11.0. The SMILES string of the molecule is O=C(CCC1CCN(C(=O)[C@H]2Cc3ccccc3O2)CC1)NCc1cccc(Cl)c1. The fourth-order valence-electron chi connectivity index (χ4n) is 4.24. The minimum absolute atomic E-state index is 0.0607. The van der Waals surface area contributed by atoms with Crippen LogP contribution in [0.2, 0.25) is 5.02 Å². The number of halogens is 1. The number of nitrogens with zero attached hydrogens (tertiary/aromatic N) is 1. The van der Waals surface area contributed by atoms with E-state index < -0.39 is 6.10 Å². The van der Waals surface area contributed by atoms with Gasteiger partial charge in [0, 0.05) is 37.5 Å². The van der Waals surface area contributed by atoms with Crippen LogP contribution in [-0.2, 0) is 22.6 Å². The lowest BCUT2D eigenvalue weighted by atomic mass is 9.91. The first kappa shape index (κ1) is 20.7. The van der Waals surface area contributed by atoms with E-state index >= 15 is 0 Å². The molecule has 2 aliphatic heterocycles. The molecule has 6 heteroatoms. The third-order valence-electron chi connectivity index (χ3n) is 6.01. The maximum atomic E-state index is 12.8. The molecular weight excluding hydrogens is 400 g/mol. The average molecular weight is 427 g/mol. The number of likely N-dealkylation sites (tertiary alicyclic amines) is 1. The van der Waals surface area contributed by atoms with Crippen LogP contribution in [0.25, 0.3) is 0 Å². The smallest absolute Gasteiger partial charge is 0.263 e. The summed E-state index contributed by atoms with van der Waals surface area (Å²) in [5.74, 6) is 1.46. The molecule has 0 aromatic heterocycles. The molecular formula is C24H27ClN2O3. The molecule has 0 bridgehead atoms. The lowest BCUT2D eigenvalue weighted by molar-refractivity contribution is -0.139. The van der Waals surface area contributed by atoms with Gasteiger partial charge in [0.05, 0.1) is 0 Å². The Morgan fingerprint density at radius 2 is 1.90 bits per heavy atom. The molecule has 2 aromatic carbocycles. The fraction of sp³-hybridized carbons (Fsp3) is 0.417. The Balaban J connectivity index is 1.16. The number of carbonyl (C=O) groups is 2. The molecule has 1 N–H and O–H groups in total. The van der Waals surface area contributed by atoms with E-state index in [1.54, 1.807) is 0 Å². The monoisotopic (exact) mass is 426 g/mol. The molecule has 2 amide bonds. The van der Waals surface area contributed by atoms with Gasteiger partial charge in [0.2, 0.25) is 5.91 Å². The van der Waals surface area contributed by atoms with E-state index in [0.717, 1.165) is 49.2 Å². The molecule has 4 rings (SSSR count). The van der Waals surface area contributed by atoms with Gasteiger partial charge < -0.3 is 15.0 Å². The highest BCUT2D eigenvalue weighted by Crippen LogP contribution is 2.30. The Labute approximate surface area is 182 Å². The third kappa shape index (κ3) is 5.14. The van der Waals surface area contributed by atoms with Crippen molar-refractivity contribution >= 4 is 23.4 Å². The molecule has 1 atom stereocenters. The second-order valence-electron chi connectivity index (χ2n) is 8.13. The number of rotatable bonds is 6. The van der Waals surface area contributed by atoms with Crippen LogP contribution in [0.15, 0.2) is 48.5 Å². The van der Waals surface area contributed by atoms with Crippen LogP contribution in [0.4, 0.5) is 0 Å². The van der Waals surface area contributed by atoms with Crippen molar-refractivity contribution in [1.82, 2.24) is 10.2 Å². The zero-order chi connectivity index (χ0) is 20.9. The van der Waals surface area contributed by atoms with E-state index in [4.69, 9.17) is 16.3 Å². The van der Waals surface area contributed by atoms with Crippen molar-refractivity contribution in [1.29, 1.82) is 0 Å². The van der Waals surface area contributed by atoms with Crippen LogP contribution in [0.3, 0.4) is 0 Å². The number of ether oxygens (including phenoxy) is 1. The van der Waals surface area contributed by atoms with Gasteiger partial charge in [-0.1, -0.05) is 41.9 Å². The molecule has 0 unspecified atom stereocenters. The number of nitrogens with one attached hydrogen (secondary N) is 1. The van der Waals surface area contributed by atoms with Crippen molar-refractivity contribution in [2.24, 2.45) is 5.92 Å². The number of amides is 2. The molecule has 2 aromatic rings. The highest BCUT2D eigenvalue weighted by Gasteiger charge is 2.33. The summed E-state index contributed by atoms with van der Waals surface area (Å²) in [4.78, 5) is 26.9. The molecule has 5 nitrogen and oxygen atoms in total. The van der Waals surface area contributed by atoms with E-state index in [9.17, 15) is 9.59 Å². The fourth-order valence-corrected chi connectivity index (χ4v) is 4.45. The Morgan fingerprint density at radius 1 is 1.10 bits per heavy atom. The number of hydrogen-bond acceptors (Lipinski definition) is 3. The van der Waals surface area contributed by atoms with Crippen LogP contribution in [-0.4, -0.2) is 35.9 Å². The number of fused-ring (bicyclic) bond motifs is 1. The Morgan fingerprint density at radius 3 is 2.67 bits per heavy atom. The van der Waals surface area contributed by atoms with Crippen molar-refractivity contribution in [3.8, 4) is 5.75 Å². The molecule has 0 spiro atoms. The number of carbonyl (C=O) groups excluding carboxylic acids is 2. The van der Waals surface area contributed by atoms with Crippen LogP contribution < -0.4 is 10.1 Å². The number of benzene rings is 2. The summed E-state index contributed by atoms with van der Waals surface area (Å²) in [6.07, 6.45) is 3.51. The second-order valence-corrected chi connectivity index (χ2v) is 8.57. The van der Waals surface area contributed by atoms with Crippen molar-refractivity contribution in [2.75, 3.05) is 13.1 Å². The minimum Gasteiger partial charge on any atom is -0.480 e. The first-order valence-electron chi connectivity index (χ1n) is 10.6. The van der Waals surface area contributed by atoms with E-state index in [0.29, 0.717) is 30.3 Å². The average Bonchev–Trinajstić information content (AvgIpc) is 3.20. The summed E-state index contributed by atoms with van der Waals surface area (Å²) in [5.41, 5.74) is 2.11. The van der Waals surface area contributed by atoms with Crippen LogP contribution in [0.5, 0.6) is 5.75 Å². The lowest BCUT2D eigenvalue weighted by Gasteiger charge is -2.33. The van der Waals surface area contributed by atoms with E-state index in [1.807, 2.05) is 53.4 Å². The minimum atomic E-state index is -0.392. The van der Waals surface area contributed by atoms with E-state index in [2.05, 4.69) is 5.32 Å². The lowest BCUT2D eigenvalue weighted by Crippen LogP contribution is -2.45. The summed E-state index contributed by atoms with van der Waals surface area (Å²) in [7, 11) is 0. The largest absolute Gasteiger partial charge is 0.480 e. The van der Waals surface area contributed by atoms with Gasteiger partial charge in [-0.15, -0.1) is 0 Å². The van der Waals surface area contributed by atoms with Crippen LogP contribution in [0, 0.1) is 5.92 Å². The van der Waals surface area contributed by atoms with E-state index in [1.165, 1.54) is 0 Å². The van der Waals surface area contributed by atoms with Crippen molar-refractivity contribution < 1.29 is 14.3 Å². The molecule has 0 saturated carbocycles. The molecule has 1 saturated heterocycles. The summed E-state index contributed by atoms with van der Waals surface area (Å²) >= 11 is 5.97. The molecule has 2 heterocycles. The molecule has 1 fully saturated rings. The van der Waals surface area contributed by atoms with Crippen molar-refractivity contribution in [2.45, 2.75) is 44.8 Å².